The Labute approximate surface area is 116 Å². The molecule has 0 amide bonds. The minimum Gasteiger partial charge on any atom is -0.497 e. The number of β-amino-alcohol motifs (C(OH)–C–C–N with tert-alkyl or cyclic N) is 1. The summed E-state index contributed by atoms with van der Waals surface area (Å²) >= 11 is 0. The van der Waals surface area contributed by atoms with Gasteiger partial charge in [0.1, 0.15) is 5.75 Å². The molecule has 1 saturated heterocycles. The Bertz CT molecular complexity index is 397. The number of nitrogens with zero attached hydrogens (tertiary/aromatic N) is 1. The standard InChI is InChI=1S/C16H25NO2/c1-12-6-4-7-13(2)17(12)11-16(18)14-8-5-9-15(10-14)19-3/h5,8-10,12-13,16,18H,4,6-7,11H2,1-3H3/t12-,13+,16?. The van der Waals surface area contributed by atoms with E-state index >= 15 is 0 Å². The molecule has 1 fully saturated rings. The molecule has 1 aromatic rings. The van der Waals surface area contributed by atoms with Crippen LogP contribution in [0.3, 0.4) is 0 Å². The lowest BCUT2D eigenvalue weighted by molar-refractivity contribution is 0.0411. The highest BCUT2D eigenvalue weighted by atomic mass is 16.5. The van der Waals surface area contributed by atoms with Gasteiger partial charge in [-0.1, -0.05) is 18.6 Å². The average molecular weight is 263 g/mol. The Morgan fingerprint density at radius 1 is 1.32 bits per heavy atom. The number of methoxy groups -OCH3 is 1. The van der Waals surface area contributed by atoms with E-state index in [0.717, 1.165) is 11.3 Å². The molecule has 19 heavy (non-hydrogen) atoms. The van der Waals surface area contributed by atoms with Crippen LogP contribution in [0.4, 0.5) is 0 Å². The zero-order chi connectivity index (χ0) is 13.8. The average Bonchev–Trinajstić information content (AvgIpc) is 2.43. The first-order chi connectivity index (χ1) is 9.11. The van der Waals surface area contributed by atoms with Crippen LogP contribution in [0.15, 0.2) is 24.3 Å². The molecule has 3 heteroatoms. The van der Waals surface area contributed by atoms with E-state index in [-0.39, 0.29) is 0 Å². The number of aliphatic hydroxyl groups is 1. The van der Waals surface area contributed by atoms with Crippen LogP contribution in [-0.2, 0) is 0 Å². The summed E-state index contributed by atoms with van der Waals surface area (Å²) in [5.74, 6) is 0.802. The Morgan fingerprint density at radius 3 is 2.63 bits per heavy atom. The van der Waals surface area contributed by atoms with Crippen molar-refractivity contribution in [2.24, 2.45) is 0 Å². The third-order valence-corrected chi connectivity index (χ3v) is 4.24. The maximum atomic E-state index is 10.4. The second kappa shape index (κ2) is 6.40. The van der Waals surface area contributed by atoms with Gasteiger partial charge in [0.05, 0.1) is 13.2 Å². The molecule has 0 aliphatic carbocycles. The Kier molecular flexibility index (Phi) is 4.83. The fourth-order valence-electron chi connectivity index (χ4n) is 2.99. The molecule has 1 unspecified atom stereocenters. The van der Waals surface area contributed by atoms with Crippen LogP contribution in [0.2, 0.25) is 0 Å². The van der Waals surface area contributed by atoms with Crippen LogP contribution >= 0.6 is 0 Å². The van der Waals surface area contributed by atoms with Gasteiger partial charge in [-0.3, -0.25) is 4.90 Å². The predicted octanol–water partition coefficient (Wildman–Crippen LogP) is 2.99. The molecule has 3 nitrogen and oxygen atoms in total. The lowest BCUT2D eigenvalue weighted by Gasteiger charge is -2.40. The number of hydrogen-bond donors (Lipinski definition) is 1. The summed E-state index contributed by atoms with van der Waals surface area (Å²) < 4.78 is 5.21. The van der Waals surface area contributed by atoms with Crippen molar-refractivity contribution in [1.29, 1.82) is 0 Å². The van der Waals surface area contributed by atoms with Gasteiger partial charge in [-0.15, -0.1) is 0 Å². The molecule has 3 atom stereocenters. The fraction of sp³-hybridized carbons (Fsp3) is 0.625. The summed E-state index contributed by atoms with van der Waals surface area (Å²) in [4.78, 5) is 2.42. The van der Waals surface area contributed by atoms with E-state index in [4.69, 9.17) is 4.74 Å². The smallest absolute Gasteiger partial charge is 0.119 e. The third-order valence-electron chi connectivity index (χ3n) is 4.24. The number of aliphatic hydroxyl groups excluding tert-OH is 1. The molecule has 106 valence electrons. The SMILES string of the molecule is COc1cccc(C(O)CN2[C@H](C)CCC[C@@H]2C)c1. The summed E-state index contributed by atoms with van der Waals surface area (Å²) in [7, 11) is 1.65. The summed E-state index contributed by atoms with van der Waals surface area (Å²) in [5, 5.41) is 10.4. The van der Waals surface area contributed by atoms with Gasteiger partial charge in [0, 0.05) is 18.6 Å². The molecule has 0 aromatic heterocycles. The molecule has 2 rings (SSSR count). The monoisotopic (exact) mass is 263 g/mol. The van der Waals surface area contributed by atoms with Crippen molar-refractivity contribution >= 4 is 0 Å². The molecule has 0 spiro atoms. The highest BCUT2D eigenvalue weighted by molar-refractivity contribution is 5.30. The first-order valence-electron chi connectivity index (χ1n) is 7.19. The quantitative estimate of drug-likeness (QED) is 0.906. The number of rotatable bonds is 4. The highest BCUT2D eigenvalue weighted by Gasteiger charge is 2.26. The van der Waals surface area contributed by atoms with Crippen LogP contribution in [0, 0.1) is 0 Å². The van der Waals surface area contributed by atoms with E-state index in [0.29, 0.717) is 18.6 Å². The molecular weight excluding hydrogens is 238 g/mol. The van der Waals surface area contributed by atoms with Gasteiger partial charge in [-0.25, -0.2) is 0 Å². The van der Waals surface area contributed by atoms with E-state index in [1.807, 2.05) is 24.3 Å². The largest absolute Gasteiger partial charge is 0.497 e. The number of piperidine rings is 1. The van der Waals surface area contributed by atoms with Crippen LogP contribution in [0.1, 0.15) is 44.8 Å². The summed E-state index contributed by atoms with van der Waals surface area (Å²) in [6, 6.07) is 8.84. The van der Waals surface area contributed by atoms with E-state index in [2.05, 4.69) is 18.7 Å². The lowest BCUT2D eigenvalue weighted by atomic mass is 9.96. The number of hydrogen-bond acceptors (Lipinski definition) is 3. The molecular formula is C16H25NO2. The molecule has 1 N–H and O–H groups in total. The Balaban J connectivity index is 2.04. The van der Waals surface area contributed by atoms with E-state index in [1.54, 1.807) is 7.11 Å². The van der Waals surface area contributed by atoms with Crippen molar-refractivity contribution in [2.45, 2.75) is 51.3 Å². The van der Waals surface area contributed by atoms with Crippen molar-refractivity contribution in [3.63, 3.8) is 0 Å². The zero-order valence-electron chi connectivity index (χ0n) is 12.2. The maximum Gasteiger partial charge on any atom is 0.119 e. The first-order valence-corrected chi connectivity index (χ1v) is 7.19. The number of likely N-dealkylation sites (tertiary alicyclic amines) is 1. The Morgan fingerprint density at radius 2 is 2.00 bits per heavy atom. The number of benzene rings is 1. The van der Waals surface area contributed by atoms with Gasteiger partial charge < -0.3 is 9.84 Å². The van der Waals surface area contributed by atoms with Crippen molar-refractivity contribution < 1.29 is 9.84 Å². The zero-order valence-corrected chi connectivity index (χ0v) is 12.2. The summed E-state index contributed by atoms with van der Waals surface area (Å²) in [6.07, 6.45) is 3.32. The maximum absolute atomic E-state index is 10.4. The molecule has 0 saturated carbocycles. The van der Waals surface area contributed by atoms with Gasteiger partial charge in [-0.05, 0) is 44.4 Å². The minimum atomic E-state index is -0.446. The topological polar surface area (TPSA) is 32.7 Å². The van der Waals surface area contributed by atoms with Gasteiger partial charge in [0.2, 0.25) is 0 Å². The second-order valence-corrected chi connectivity index (χ2v) is 5.62. The second-order valence-electron chi connectivity index (χ2n) is 5.62. The third kappa shape index (κ3) is 3.48. The van der Waals surface area contributed by atoms with Crippen LogP contribution < -0.4 is 4.74 Å². The normalized spacial score (nSPS) is 26.1. The van der Waals surface area contributed by atoms with Gasteiger partial charge in [0.25, 0.3) is 0 Å². The summed E-state index contributed by atoms with van der Waals surface area (Å²) in [5.41, 5.74) is 0.935. The minimum absolute atomic E-state index is 0.446. The summed E-state index contributed by atoms with van der Waals surface area (Å²) in [6.45, 7) is 5.22. The van der Waals surface area contributed by atoms with Crippen molar-refractivity contribution in [2.75, 3.05) is 13.7 Å². The Hall–Kier alpha value is -1.06. The fourth-order valence-corrected chi connectivity index (χ4v) is 2.99. The van der Waals surface area contributed by atoms with E-state index < -0.39 is 6.10 Å². The van der Waals surface area contributed by atoms with Crippen molar-refractivity contribution in [3.8, 4) is 5.75 Å². The van der Waals surface area contributed by atoms with Crippen LogP contribution in [0.25, 0.3) is 0 Å². The lowest BCUT2D eigenvalue weighted by Crippen LogP contribution is -2.45. The molecule has 0 bridgehead atoms. The van der Waals surface area contributed by atoms with Gasteiger partial charge in [0.15, 0.2) is 0 Å². The molecule has 1 aliphatic heterocycles. The molecule has 1 heterocycles. The van der Waals surface area contributed by atoms with Crippen LogP contribution in [0.5, 0.6) is 5.75 Å². The predicted molar refractivity (Wildman–Crippen MR) is 77.4 cm³/mol. The van der Waals surface area contributed by atoms with Gasteiger partial charge >= 0.3 is 0 Å². The molecule has 0 radical (unpaired) electrons. The number of ether oxygens (including phenoxy) is 1. The van der Waals surface area contributed by atoms with E-state index in [1.165, 1.54) is 19.3 Å². The molecule has 1 aliphatic rings. The van der Waals surface area contributed by atoms with Crippen LogP contribution in [-0.4, -0.2) is 35.7 Å². The first kappa shape index (κ1) is 14.4. The van der Waals surface area contributed by atoms with Gasteiger partial charge in [-0.2, -0.15) is 0 Å². The van der Waals surface area contributed by atoms with E-state index in [9.17, 15) is 5.11 Å². The molecule has 1 aromatic carbocycles. The van der Waals surface area contributed by atoms with Crippen molar-refractivity contribution in [1.82, 2.24) is 4.90 Å². The highest BCUT2D eigenvalue weighted by Crippen LogP contribution is 2.26. The van der Waals surface area contributed by atoms with Crippen molar-refractivity contribution in [3.05, 3.63) is 29.8 Å².